The van der Waals surface area contributed by atoms with Gasteiger partial charge in [-0.1, -0.05) is 58.8 Å². The summed E-state index contributed by atoms with van der Waals surface area (Å²) in [4.78, 5) is 2.22. The van der Waals surface area contributed by atoms with Crippen molar-refractivity contribution in [2.45, 2.75) is 95.9 Å². The van der Waals surface area contributed by atoms with Gasteiger partial charge in [-0.2, -0.15) is 0 Å². The van der Waals surface area contributed by atoms with Gasteiger partial charge in [0.25, 0.3) is 5.92 Å². The summed E-state index contributed by atoms with van der Waals surface area (Å²) >= 11 is 0. The van der Waals surface area contributed by atoms with E-state index in [1.165, 1.54) is 0 Å². The van der Waals surface area contributed by atoms with Crippen molar-refractivity contribution in [1.29, 1.82) is 0 Å². The van der Waals surface area contributed by atoms with E-state index in [-0.39, 0.29) is 5.92 Å². The van der Waals surface area contributed by atoms with Crippen LogP contribution in [0.1, 0.15) is 84.5 Å². The van der Waals surface area contributed by atoms with E-state index < -0.39 is 11.5 Å². The molecule has 0 bridgehead atoms. The Morgan fingerprint density at radius 2 is 1.52 bits per heavy atom. The van der Waals surface area contributed by atoms with Crippen LogP contribution in [0.3, 0.4) is 0 Å². The Bertz CT molecular complexity index is 308. The minimum absolute atomic E-state index is 0.351. The minimum atomic E-state index is -2.42. The molecule has 3 heteroatoms. The van der Waals surface area contributed by atoms with E-state index in [0.717, 1.165) is 83.7 Å². The molecular weight excluding hydrogens is 268 g/mol. The normalized spacial score (nSPS) is 31.0. The van der Waals surface area contributed by atoms with Gasteiger partial charge in [0.1, 0.15) is 0 Å². The van der Waals surface area contributed by atoms with Crippen LogP contribution in [0.15, 0.2) is 0 Å². The van der Waals surface area contributed by atoms with Crippen LogP contribution in [-0.4, -0.2) is 29.5 Å². The predicted octanol–water partition coefficient (Wildman–Crippen LogP) is 5.64. The van der Waals surface area contributed by atoms with E-state index >= 15 is 0 Å². The van der Waals surface area contributed by atoms with Crippen LogP contribution >= 0.6 is 0 Å². The summed E-state index contributed by atoms with van der Waals surface area (Å²) in [6.07, 6.45) is 11.4. The molecule has 2 unspecified atom stereocenters. The van der Waals surface area contributed by atoms with Crippen molar-refractivity contribution in [3.8, 4) is 0 Å². The molecule has 2 aliphatic carbocycles. The maximum atomic E-state index is 14.6. The summed E-state index contributed by atoms with van der Waals surface area (Å²) in [7, 11) is 0. The van der Waals surface area contributed by atoms with E-state index in [2.05, 4.69) is 18.7 Å². The molecule has 124 valence electrons. The van der Waals surface area contributed by atoms with E-state index in [0.29, 0.717) is 0 Å². The molecule has 0 aliphatic heterocycles. The summed E-state index contributed by atoms with van der Waals surface area (Å²) < 4.78 is 29.1. The number of hydrogen-bond acceptors (Lipinski definition) is 1. The first kappa shape index (κ1) is 17.2. The molecule has 0 spiro atoms. The van der Waals surface area contributed by atoms with Crippen LogP contribution in [0, 0.1) is 5.92 Å². The zero-order chi connectivity index (χ0) is 15.3. The number of rotatable bonds is 9. The monoisotopic (exact) mass is 301 g/mol. The summed E-state index contributed by atoms with van der Waals surface area (Å²) in [5.74, 6) is -2.78. The Labute approximate surface area is 129 Å². The van der Waals surface area contributed by atoms with Gasteiger partial charge < -0.3 is 0 Å². The van der Waals surface area contributed by atoms with Crippen LogP contribution < -0.4 is 0 Å². The lowest BCUT2D eigenvalue weighted by Gasteiger charge is -2.33. The van der Waals surface area contributed by atoms with Crippen molar-refractivity contribution >= 4 is 0 Å². The lowest BCUT2D eigenvalue weighted by Crippen LogP contribution is -2.43. The average Bonchev–Trinajstić information content (AvgIpc) is 3.03. The molecule has 2 atom stereocenters. The van der Waals surface area contributed by atoms with E-state index in [1.807, 2.05) is 0 Å². The Kier molecular flexibility index (Phi) is 6.05. The van der Waals surface area contributed by atoms with Gasteiger partial charge in [0, 0.05) is 5.92 Å². The van der Waals surface area contributed by atoms with Gasteiger partial charge in [-0.25, -0.2) is 8.78 Å². The van der Waals surface area contributed by atoms with Gasteiger partial charge in [0.05, 0.1) is 5.54 Å². The zero-order valence-electron chi connectivity index (χ0n) is 14.0. The standard InChI is InChI=1S/C18H33F2N/c1-3-5-10-14-21(15-11-6-4-2)17-13-9-7-8-12-16(17)18(17,19)20/h16H,3-15H2,1-2H3. The number of fused-ring (bicyclic) bond motifs is 1. The molecular formula is C18H33F2N. The van der Waals surface area contributed by atoms with Crippen molar-refractivity contribution < 1.29 is 8.78 Å². The van der Waals surface area contributed by atoms with Crippen LogP contribution in [0.5, 0.6) is 0 Å². The molecule has 0 aromatic carbocycles. The third-order valence-electron chi connectivity index (χ3n) is 5.69. The number of nitrogens with zero attached hydrogens (tertiary/aromatic N) is 1. The molecule has 0 aromatic heterocycles. The summed E-state index contributed by atoms with van der Waals surface area (Å²) in [6, 6.07) is 0. The minimum Gasteiger partial charge on any atom is -0.292 e. The van der Waals surface area contributed by atoms with Crippen LogP contribution in [0.2, 0.25) is 0 Å². The highest BCUT2D eigenvalue weighted by Crippen LogP contribution is 2.67. The van der Waals surface area contributed by atoms with Gasteiger partial charge >= 0.3 is 0 Å². The lowest BCUT2D eigenvalue weighted by atomic mass is 10.0. The smallest absolute Gasteiger partial charge is 0.271 e. The average molecular weight is 301 g/mol. The highest BCUT2D eigenvalue weighted by atomic mass is 19.3. The summed E-state index contributed by atoms with van der Waals surface area (Å²) in [5, 5.41) is 0. The fraction of sp³-hybridized carbons (Fsp3) is 1.00. The molecule has 2 fully saturated rings. The van der Waals surface area contributed by atoms with E-state index in [4.69, 9.17) is 0 Å². The molecule has 2 saturated carbocycles. The van der Waals surface area contributed by atoms with E-state index in [1.54, 1.807) is 0 Å². The second-order valence-corrected chi connectivity index (χ2v) is 7.10. The van der Waals surface area contributed by atoms with Crippen molar-refractivity contribution in [2.24, 2.45) is 5.92 Å². The van der Waals surface area contributed by atoms with Gasteiger partial charge in [-0.05, 0) is 38.8 Å². The molecule has 0 heterocycles. The summed E-state index contributed by atoms with van der Waals surface area (Å²) in [5.41, 5.74) is -0.759. The first-order valence-corrected chi connectivity index (χ1v) is 9.24. The second kappa shape index (κ2) is 7.39. The SMILES string of the molecule is CCCCCN(CCCCC)C12CCCCCC1C2(F)F. The lowest BCUT2D eigenvalue weighted by molar-refractivity contribution is 0.0135. The number of halogens is 2. The van der Waals surface area contributed by atoms with Crippen molar-refractivity contribution in [2.75, 3.05) is 13.1 Å². The first-order chi connectivity index (χ1) is 10.1. The fourth-order valence-electron chi connectivity index (χ4n) is 4.40. The molecule has 0 amide bonds. The van der Waals surface area contributed by atoms with E-state index in [9.17, 15) is 8.78 Å². The molecule has 0 saturated heterocycles. The Morgan fingerprint density at radius 1 is 0.905 bits per heavy atom. The molecule has 0 radical (unpaired) electrons. The molecule has 21 heavy (non-hydrogen) atoms. The van der Waals surface area contributed by atoms with Gasteiger partial charge in [0.15, 0.2) is 0 Å². The van der Waals surface area contributed by atoms with Crippen molar-refractivity contribution in [1.82, 2.24) is 4.90 Å². The molecule has 0 N–H and O–H groups in total. The number of unbranched alkanes of at least 4 members (excludes halogenated alkanes) is 4. The van der Waals surface area contributed by atoms with Gasteiger partial charge in [-0.3, -0.25) is 4.90 Å². The topological polar surface area (TPSA) is 3.24 Å². The highest BCUT2D eigenvalue weighted by molar-refractivity contribution is 5.26. The maximum absolute atomic E-state index is 14.6. The Balaban J connectivity index is 2.05. The highest BCUT2D eigenvalue weighted by Gasteiger charge is 2.81. The molecule has 2 aliphatic rings. The van der Waals surface area contributed by atoms with Gasteiger partial charge in [-0.15, -0.1) is 0 Å². The van der Waals surface area contributed by atoms with Crippen LogP contribution in [0.4, 0.5) is 8.78 Å². The number of hydrogen-bond donors (Lipinski definition) is 0. The fourth-order valence-corrected chi connectivity index (χ4v) is 4.40. The molecule has 1 nitrogen and oxygen atoms in total. The van der Waals surface area contributed by atoms with Crippen molar-refractivity contribution in [3.63, 3.8) is 0 Å². The first-order valence-electron chi connectivity index (χ1n) is 9.24. The Hall–Kier alpha value is -0.180. The van der Waals surface area contributed by atoms with Crippen LogP contribution in [-0.2, 0) is 0 Å². The molecule has 2 rings (SSSR count). The number of alkyl halides is 2. The largest absolute Gasteiger partial charge is 0.292 e. The maximum Gasteiger partial charge on any atom is 0.271 e. The quantitative estimate of drug-likeness (QED) is 0.498. The summed E-state index contributed by atoms with van der Waals surface area (Å²) in [6.45, 7) is 6.12. The third kappa shape index (κ3) is 3.28. The zero-order valence-corrected chi connectivity index (χ0v) is 14.0. The predicted molar refractivity (Wildman–Crippen MR) is 84.9 cm³/mol. The van der Waals surface area contributed by atoms with Crippen LogP contribution in [0.25, 0.3) is 0 Å². The second-order valence-electron chi connectivity index (χ2n) is 7.10. The van der Waals surface area contributed by atoms with Crippen molar-refractivity contribution in [3.05, 3.63) is 0 Å². The molecule has 0 aromatic rings. The third-order valence-corrected chi connectivity index (χ3v) is 5.69. The Morgan fingerprint density at radius 3 is 2.10 bits per heavy atom. The van der Waals surface area contributed by atoms with Gasteiger partial charge in [0.2, 0.25) is 0 Å².